The summed E-state index contributed by atoms with van der Waals surface area (Å²) in [6.07, 6.45) is 6.63. The molecule has 0 saturated carbocycles. The van der Waals surface area contributed by atoms with E-state index in [0.717, 1.165) is 39.0 Å². The lowest BCUT2D eigenvalue weighted by Gasteiger charge is -2.15. The monoisotopic (exact) mass is 541 g/mol. The van der Waals surface area contributed by atoms with Crippen molar-refractivity contribution >= 4 is 21.9 Å². The molecule has 1 fully saturated rings. The topological polar surface area (TPSA) is 107 Å². The molecule has 1 aliphatic heterocycles. The third-order valence-electron chi connectivity index (χ3n) is 7.16. The van der Waals surface area contributed by atoms with E-state index in [0.29, 0.717) is 41.4 Å². The maximum atomic E-state index is 14.0. The lowest BCUT2D eigenvalue weighted by molar-refractivity contribution is 0.0115. The highest BCUT2D eigenvalue weighted by Crippen LogP contribution is 2.35. The zero-order valence-corrected chi connectivity index (χ0v) is 21.0. The molecule has 0 amide bonds. The molecular formula is C29H22F3N7O. The fraction of sp³-hybridized carbons (Fsp3) is 0.172. The lowest BCUT2D eigenvalue weighted by atomic mass is 10.0. The summed E-state index contributed by atoms with van der Waals surface area (Å²) in [5.41, 5.74) is 6.16. The van der Waals surface area contributed by atoms with Crippen LogP contribution in [0.3, 0.4) is 0 Å². The largest absolute Gasteiger partial charge is 0.508 e. The first-order valence-corrected chi connectivity index (χ1v) is 12.7. The molecule has 1 aromatic carbocycles. The number of benzene rings is 1. The maximum Gasteiger partial charge on any atom is 0.261 e. The van der Waals surface area contributed by atoms with Crippen LogP contribution in [0.1, 0.15) is 12.0 Å². The quantitative estimate of drug-likeness (QED) is 0.250. The van der Waals surface area contributed by atoms with E-state index in [1.54, 1.807) is 29.7 Å². The van der Waals surface area contributed by atoms with Gasteiger partial charge in [0.2, 0.25) is 0 Å². The molecule has 200 valence electrons. The number of likely N-dealkylation sites (tertiary alicyclic amines) is 1. The number of pyridine rings is 3. The Balaban J connectivity index is 1.25. The molecule has 5 aromatic heterocycles. The highest BCUT2D eigenvalue weighted by atomic mass is 19.3. The van der Waals surface area contributed by atoms with E-state index in [2.05, 4.69) is 30.1 Å². The van der Waals surface area contributed by atoms with Crippen molar-refractivity contribution in [2.75, 3.05) is 13.1 Å². The van der Waals surface area contributed by atoms with Crippen molar-refractivity contribution in [1.29, 1.82) is 0 Å². The van der Waals surface area contributed by atoms with Crippen LogP contribution in [-0.2, 0) is 6.54 Å². The van der Waals surface area contributed by atoms with E-state index >= 15 is 0 Å². The average molecular weight is 542 g/mol. The lowest BCUT2D eigenvalue weighted by Crippen LogP contribution is -2.24. The van der Waals surface area contributed by atoms with Crippen LogP contribution in [0.2, 0.25) is 0 Å². The summed E-state index contributed by atoms with van der Waals surface area (Å²) in [6.45, 7) is 0.508. The number of rotatable bonds is 5. The number of nitrogens with zero attached hydrogens (tertiary/aromatic N) is 5. The average Bonchev–Trinajstić information content (AvgIpc) is 3.63. The molecule has 1 aliphatic rings. The molecule has 6 aromatic rings. The highest BCUT2D eigenvalue weighted by Gasteiger charge is 2.37. The van der Waals surface area contributed by atoms with Gasteiger partial charge in [-0.25, -0.2) is 18.2 Å². The number of H-pyrrole nitrogens is 2. The van der Waals surface area contributed by atoms with Crippen molar-refractivity contribution in [1.82, 2.24) is 35.0 Å². The van der Waals surface area contributed by atoms with Crippen LogP contribution in [0.15, 0.2) is 67.3 Å². The maximum absolute atomic E-state index is 14.0. The minimum atomic E-state index is -2.64. The van der Waals surface area contributed by atoms with Crippen molar-refractivity contribution in [3.63, 3.8) is 0 Å². The van der Waals surface area contributed by atoms with Crippen LogP contribution in [0.4, 0.5) is 13.2 Å². The molecule has 8 nitrogen and oxygen atoms in total. The van der Waals surface area contributed by atoms with Crippen LogP contribution < -0.4 is 0 Å². The number of aromatic amines is 2. The number of fused-ring (bicyclic) bond motifs is 2. The second-order valence-corrected chi connectivity index (χ2v) is 10.1. The van der Waals surface area contributed by atoms with Gasteiger partial charge in [-0.15, -0.1) is 0 Å². The highest BCUT2D eigenvalue weighted by molar-refractivity contribution is 6.00. The van der Waals surface area contributed by atoms with Crippen LogP contribution in [-0.4, -0.2) is 59.2 Å². The molecule has 1 saturated heterocycles. The number of halogens is 3. The van der Waals surface area contributed by atoms with Gasteiger partial charge >= 0.3 is 0 Å². The Morgan fingerprint density at radius 1 is 0.925 bits per heavy atom. The van der Waals surface area contributed by atoms with Gasteiger partial charge in [0.25, 0.3) is 5.92 Å². The van der Waals surface area contributed by atoms with Crippen LogP contribution >= 0.6 is 0 Å². The first kappa shape index (κ1) is 24.3. The number of nitrogens with one attached hydrogen (secondary N) is 2. The van der Waals surface area contributed by atoms with Gasteiger partial charge in [0.05, 0.1) is 17.9 Å². The number of hydrogen-bond acceptors (Lipinski definition) is 6. The number of phenolic OH excluding ortho intramolecular Hbond substituents is 1. The molecule has 0 unspecified atom stereocenters. The van der Waals surface area contributed by atoms with Crippen LogP contribution in [0.25, 0.3) is 55.7 Å². The van der Waals surface area contributed by atoms with E-state index in [9.17, 15) is 18.3 Å². The van der Waals surface area contributed by atoms with E-state index in [-0.39, 0.29) is 18.7 Å². The number of alkyl halides is 2. The number of phenols is 1. The number of aromatic hydroxyl groups is 1. The fourth-order valence-corrected chi connectivity index (χ4v) is 5.32. The minimum Gasteiger partial charge on any atom is -0.508 e. The van der Waals surface area contributed by atoms with Gasteiger partial charge in [-0.1, -0.05) is 0 Å². The summed E-state index contributed by atoms with van der Waals surface area (Å²) >= 11 is 0. The standard InChI is InChI=1S/C29H22F3N7O/c30-20-6-17(7-21(40)9-20)26-22-10-25(36-24(22)1-3-34-26)27-23-8-19(13-35-28(23)38-37-27)18-5-16(11-33-12-18)14-39-4-2-29(31,32)15-39/h1,3,5-13,36,40H,2,4,14-15H2,(H,35,37,38). The molecule has 0 aliphatic carbocycles. The van der Waals surface area contributed by atoms with Gasteiger partial charge in [0.15, 0.2) is 5.65 Å². The van der Waals surface area contributed by atoms with Crippen molar-refractivity contribution in [3.8, 4) is 39.5 Å². The van der Waals surface area contributed by atoms with Gasteiger partial charge in [-0.05, 0) is 42.0 Å². The smallest absolute Gasteiger partial charge is 0.261 e. The summed E-state index contributed by atoms with van der Waals surface area (Å²) in [5, 5.41) is 18.9. The van der Waals surface area contributed by atoms with Gasteiger partial charge in [0.1, 0.15) is 17.3 Å². The Morgan fingerprint density at radius 3 is 2.62 bits per heavy atom. The number of aromatic nitrogens is 6. The Labute approximate surface area is 225 Å². The third kappa shape index (κ3) is 4.43. The zero-order chi connectivity index (χ0) is 27.4. The van der Waals surface area contributed by atoms with E-state index < -0.39 is 11.7 Å². The van der Waals surface area contributed by atoms with Crippen molar-refractivity contribution in [2.45, 2.75) is 18.9 Å². The van der Waals surface area contributed by atoms with Crippen LogP contribution in [0.5, 0.6) is 5.75 Å². The van der Waals surface area contributed by atoms with E-state index in [1.165, 1.54) is 12.1 Å². The first-order chi connectivity index (χ1) is 19.3. The minimum absolute atomic E-state index is 0.125. The van der Waals surface area contributed by atoms with Crippen molar-refractivity contribution in [3.05, 3.63) is 78.6 Å². The molecule has 11 heteroatoms. The Bertz CT molecular complexity index is 1880. The summed E-state index contributed by atoms with van der Waals surface area (Å²) in [4.78, 5) is 18.4. The molecule has 40 heavy (non-hydrogen) atoms. The molecule has 0 radical (unpaired) electrons. The van der Waals surface area contributed by atoms with Gasteiger partial charge < -0.3 is 10.1 Å². The third-order valence-corrected chi connectivity index (χ3v) is 7.16. The number of hydrogen-bond donors (Lipinski definition) is 3. The molecule has 7 rings (SSSR count). The molecule has 3 N–H and O–H groups in total. The molecule has 0 atom stereocenters. The van der Waals surface area contributed by atoms with Crippen molar-refractivity contribution in [2.24, 2.45) is 0 Å². The molecule has 0 bridgehead atoms. The molecular weight excluding hydrogens is 519 g/mol. The SMILES string of the molecule is Oc1cc(F)cc(-c2nccc3[nH]c(-c4n[nH]c5ncc(-c6cncc(CN7CCC(F)(F)C7)c6)cc45)cc23)c1. The predicted molar refractivity (Wildman–Crippen MR) is 144 cm³/mol. The Hall–Kier alpha value is -4.77. The van der Waals surface area contributed by atoms with Gasteiger partial charge in [-0.2, -0.15) is 5.10 Å². The molecule has 6 heterocycles. The zero-order valence-electron chi connectivity index (χ0n) is 21.0. The summed E-state index contributed by atoms with van der Waals surface area (Å²) < 4.78 is 41.3. The summed E-state index contributed by atoms with van der Waals surface area (Å²) in [5.74, 6) is -3.38. The fourth-order valence-electron chi connectivity index (χ4n) is 5.32. The Morgan fingerprint density at radius 2 is 1.80 bits per heavy atom. The Kier molecular flexibility index (Phi) is 5.56. The van der Waals surface area contributed by atoms with Gasteiger partial charge in [0, 0.05) is 83.3 Å². The summed E-state index contributed by atoms with van der Waals surface area (Å²) in [6, 6.07) is 11.4. The van der Waals surface area contributed by atoms with Crippen LogP contribution in [0, 0.1) is 5.82 Å². The van der Waals surface area contributed by atoms with E-state index in [1.807, 2.05) is 24.3 Å². The van der Waals surface area contributed by atoms with Crippen molar-refractivity contribution < 1.29 is 18.3 Å². The summed E-state index contributed by atoms with van der Waals surface area (Å²) in [7, 11) is 0. The predicted octanol–water partition coefficient (Wildman–Crippen LogP) is 5.92. The van der Waals surface area contributed by atoms with E-state index in [4.69, 9.17) is 0 Å². The first-order valence-electron chi connectivity index (χ1n) is 12.7. The second kappa shape index (κ2) is 9.16. The molecule has 0 spiro atoms. The second-order valence-electron chi connectivity index (χ2n) is 10.1. The van der Waals surface area contributed by atoms with Gasteiger partial charge in [-0.3, -0.25) is 20.0 Å². The normalized spacial score (nSPS) is 15.4.